The van der Waals surface area contributed by atoms with Crippen LogP contribution in [0.2, 0.25) is 0 Å². The van der Waals surface area contributed by atoms with Gasteiger partial charge in [0.25, 0.3) is 0 Å². The van der Waals surface area contributed by atoms with Crippen molar-refractivity contribution in [2.75, 3.05) is 12.3 Å². The van der Waals surface area contributed by atoms with Crippen molar-refractivity contribution in [1.82, 2.24) is 5.32 Å². The van der Waals surface area contributed by atoms with Crippen LogP contribution >= 0.6 is 0 Å². The van der Waals surface area contributed by atoms with Gasteiger partial charge in [0.15, 0.2) is 11.6 Å². The topological polar surface area (TPSA) is 64.3 Å². The monoisotopic (exact) mass is 332 g/mol. The first kappa shape index (κ1) is 17.5. The van der Waals surface area contributed by atoms with E-state index in [4.69, 9.17) is 10.5 Å². The van der Waals surface area contributed by atoms with Crippen LogP contribution < -0.4 is 11.1 Å². The lowest BCUT2D eigenvalue weighted by atomic mass is 10.1. The van der Waals surface area contributed by atoms with Crippen LogP contribution in [0.5, 0.6) is 0 Å². The van der Waals surface area contributed by atoms with E-state index in [9.17, 15) is 13.6 Å². The number of hydrogen-bond acceptors (Lipinski definition) is 3. The number of carbonyl (C=O) groups is 1. The molecule has 3 N–H and O–H groups in total. The number of nitrogen functional groups attached to an aromatic ring is 1. The summed E-state index contributed by atoms with van der Waals surface area (Å²) >= 11 is 0. The van der Waals surface area contributed by atoms with E-state index in [0.717, 1.165) is 5.56 Å². The van der Waals surface area contributed by atoms with Crippen LogP contribution in [0, 0.1) is 11.6 Å². The Morgan fingerprint density at radius 2 is 1.88 bits per heavy atom. The molecular formula is C18H18F2N2O2. The van der Waals surface area contributed by atoms with Crippen molar-refractivity contribution in [3.05, 3.63) is 71.3 Å². The van der Waals surface area contributed by atoms with E-state index in [-0.39, 0.29) is 17.9 Å². The van der Waals surface area contributed by atoms with Crippen LogP contribution in [0.4, 0.5) is 19.3 Å². The van der Waals surface area contributed by atoms with Gasteiger partial charge in [-0.1, -0.05) is 42.5 Å². The Balaban J connectivity index is 1.71. The van der Waals surface area contributed by atoms with Crippen LogP contribution in [0.15, 0.2) is 48.5 Å². The van der Waals surface area contributed by atoms with Gasteiger partial charge in [0.05, 0.1) is 5.69 Å². The zero-order valence-electron chi connectivity index (χ0n) is 13.0. The number of anilines is 1. The lowest BCUT2D eigenvalue weighted by Crippen LogP contribution is -2.24. The highest BCUT2D eigenvalue weighted by Crippen LogP contribution is 2.18. The Morgan fingerprint density at radius 3 is 2.62 bits per heavy atom. The van der Waals surface area contributed by atoms with Gasteiger partial charge in [-0.25, -0.2) is 13.6 Å². The Bertz CT molecular complexity index is 718. The second-order valence-electron chi connectivity index (χ2n) is 5.05. The molecule has 0 saturated carbocycles. The first-order valence-electron chi connectivity index (χ1n) is 7.42. The minimum absolute atomic E-state index is 0.105. The molecule has 1 amide bonds. The molecule has 2 rings (SSSR count). The van der Waals surface area contributed by atoms with Gasteiger partial charge in [0.1, 0.15) is 6.61 Å². The summed E-state index contributed by atoms with van der Waals surface area (Å²) in [5.74, 6) is -2.04. The highest BCUT2D eigenvalue weighted by Gasteiger charge is 2.08. The van der Waals surface area contributed by atoms with Crippen LogP contribution in [-0.2, 0) is 11.3 Å². The fourth-order valence-corrected chi connectivity index (χ4v) is 1.95. The Morgan fingerprint density at radius 1 is 1.12 bits per heavy atom. The SMILES string of the molecule is Nc1ccc(C=CCCNC(=O)OCc2ccccc2)c(F)c1F. The van der Waals surface area contributed by atoms with Crippen molar-refractivity contribution in [3.63, 3.8) is 0 Å². The highest BCUT2D eigenvalue weighted by molar-refractivity contribution is 5.67. The van der Waals surface area contributed by atoms with E-state index in [2.05, 4.69) is 5.32 Å². The van der Waals surface area contributed by atoms with Gasteiger partial charge in [-0.3, -0.25) is 0 Å². The number of amides is 1. The van der Waals surface area contributed by atoms with Crippen LogP contribution in [-0.4, -0.2) is 12.6 Å². The van der Waals surface area contributed by atoms with Crippen LogP contribution in [0.25, 0.3) is 6.08 Å². The molecular weight excluding hydrogens is 314 g/mol. The first-order chi connectivity index (χ1) is 11.6. The maximum atomic E-state index is 13.6. The average Bonchev–Trinajstić information content (AvgIpc) is 2.60. The number of carbonyl (C=O) groups excluding carboxylic acids is 1. The molecule has 0 heterocycles. The van der Waals surface area contributed by atoms with Gasteiger partial charge < -0.3 is 15.8 Å². The van der Waals surface area contributed by atoms with Crippen molar-refractivity contribution >= 4 is 17.9 Å². The number of halogens is 2. The van der Waals surface area contributed by atoms with E-state index in [1.807, 2.05) is 30.3 Å². The number of rotatable bonds is 6. The molecule has 0 aromatic heterocycles. The molecule has 0 spiro atoms. The summed E-state index contributed by atoms with van der Waals surface area (Å²) in [5.41, 5.74) is 6.04. The molecule has 0 radical (unpaired) electrons. The predicted molar refractivity (Wildman–Crippen MR) is 89.1 cm³/mol. The molecule has 4 nitrogen and oxygen atoms in total. The largest absolute Gasteiger partial charge is 0.445 e. The predicted octanol–water partition coefficient (Wildman–Crippen LogP) is 3.88. The summed E-state index contributed by atoms with van der Waals surface area (Å²) in [7, 11) is 0. The van der Waals surface area contributed by atoms with E-state index in [0.29, 0.717) is 13.0 Å². The van der Waals surface area contributed by atoms with Crippen molar-refractivity contribution < 1.29 is 18.3 Å². The van der Waals surface area contributed by atoms with Gasteiger partial charge >= 0.3 is 6.09 Å². The van der Waals surface area contributed by atoms with Gasteiger partial charge in [-0.2, -0.15) is 0 Å². The van der Waals surface area contributed by atoms with Gasteiger partial charge in [-0.15, -0.1) is 0 Å². The smallest absolute Gasteiger partial charge is 0.407 e. The molecule has 126 valence electrons. The van der Waals surface area contributed by atoms with E-state index in [1.165, 1.54) is 18.2 Å². The van der Waals surface area contributed by atoms with Crippen molar-refractivity contribution in [3.8, 4) is 0 Å². The van der Waals surface area contributed by atoms with Gasteiger partial charge in [-0.05, 0) is 24.1 Å². The lowest BCUT2D eigenvalue weighted by Gasteiger charge is -2.06. The van der Waals surface area contributed by atoms with Crippen LogP contribution in [0.1, 0.15) is 17.5 Å². The fraction of sp³-hybridized carbons (Fsp3) is 0.167. The summed E-state index contributed by atoms with van der Waals surface area (Å²) in [6.45, 7) is 0.516. The third kappa shape index (κ3) is 5.08. The Kier molecular flexibility index (Phi) is 6.31. The molecule has 0 unspecified atom stereocenters. The number of ether oxygens (including phenoxy) is 1. The van der Waals surface area contributed by atoms with Crippen LogP contribution in [0.3, 0.4) is 0 Å². The van der Waals surface area contributed by atoms with Gasteiger partial charge in [0.2, 0.25) is 0 Å². The van der Waals surface area contributed by atoms with E-state index < -0.39 is 17.7 Å². The maximum absolute atomic E-state index is 13.6. The molecule has 0 aliphatic carbocycles. The molecule has 2 aromatic rings. The lowest BCUT2D eigenvalue weighted by molar-refractivity contribution is 0.140. The first-order valence-corrected chi connectivity index (χ1v) is 7.42. The number of alkyl carbamates (subject to hydrolysis) is 1. The molecule has 2 aromatic carbocycles. The molecule has 0 aliphatic heterocycles. The summed E-state index contributed by atoms with van der Waals surface area (Å²) in [5, 5.41) is 2.57. The zero-order chi connectivity index (χ0) is 17.4. The zero-order valence-corrected chi connectivity index (χ0v) is 13.0. The normalized spacial score (nSPS) is 10.8. The van der Waals surface area contributed by atoms with Gasteiger partial charge in [0, 0.05) is 12.1 Å². The van der Waals surface area contributed by atoms with Crippen molar-refractivity contribution in [2.24, 2.45) is 0 Å². The molecule has 0 saturated heterocycles. The second-order valence-corrected chi connectivity index (χ2v) is 5.05. The molecule has 0 fully saturated rings. The Hall–Kier alpha value is -2.89. The fourth-order valence-electron chi connectivity index (χ4n) is 1.95. The Labute approximate surface area is 138 Å². The second kappa shape index (κ2) is 8.67. The number of benzene rings is 2. The highest BCUT2D eigenvalue weighted by atomic mass is 19.2. The standard InChI is InChI=1S/C18H18F2N2O2/c19-16-14(9-10-15(21)17(16)20)8-4-5-11-22-18(23)24-12-13-6-2-1-3-7-13/h1-4,6-10H,5,11-12,21H2,(H,22,23). The van der Waals surface area contributed by atoms with E-state index >= 15 is 0 Å². The van der Waals surface area contributed by atoms with E-state index in [1.54, 1.807) is 6.08 Å². The summed E-state index contributed by atoms with van der Waals surface area (Å²) in [4.78, 5) is 11.5. The number of hydrogen-bond donors (Lipinski definition) is 2. The van der Waals surface area contributed by atoms with Crippen molar-refractivity contribution in [1.29, 1.82) is 0 Å². The third-order valence-electron chi connectivity index (χ3n) is 3.23. The molecule has 6 heteroatoms. The minimum Gasteiger partial charge on any atom is -0.445 e. The summed E-state index contributed by atoms with van der Waals surface area (Å²) < 4.78 is 31.9. The summed E-state index contributed by atoms with van der Waals surface area (Å²) in [6, 6.07) is 12.0. The molecule has 0 bridgehead atoms. The molecule has 0 aliphatic rings. The minimum atomic E-state index is -1.06. The quantitative estimate of drug-likeness (QED) is 0.623. The third-order valence-corrected chi connectivity index (χ3v) is 3.23. The summed E-state index contributed by atoms with van der Waals surface area (Å²) in [6.07, 6.45) is 2.99. The molecule has 24 heavy (non-hydrogen) atoms. The average molecular weight is 332 g/mol. The van der Waals surface area contributed by atoms with Crippen molar-refractivity contribution in [2.45, 2.75) is 13.0 Å². The molecule has 0 atom stereocenters. The number of nitrogens with two attached hydrogens (primary N) is 1. The maximum Gasteiger partial charge on any atom is 0.407 e. The number of nitrogens with one attached hydrogen (secondary N) is 1.